The lowest BCUT2D eigenvalue weighted by molar-refractivity contribution is -0.140. The number of amides is 2. The van der Waals surface area contributed by atoms with Crippen LogP contribution >= 0.6 is 0 Å². The monoisotopic (exact) mass is 345 g/mol. The quantitative estimate of drug-likeness (QED) is 0.877. The number of hydrogen-bond donors (Lipinski definition) is 1. The number of nitrogens with zero attached hydrogens (tertiary/aromatic N) is 2. The van der Waals surface area contributed by atoms with Crippen molar-refractivity contribution in [1.82, 2.24) is 15.1 Å². The second-order valence-corrected chi connectivity index (χ2v) is 6.96. The van der Waals surface area contributed by atoms with Gasteiger partial charge in [-0.05, 0) is 18.1 Å². The van der Waals surface area contributed by atoms with Gasteiger partial charge in [-0.1, -0.05) is 24.3 Å². The van der Waals surface area contributed by atoms with Crippen LogP contribution in [0.25, 0.3) is 0 Å². The lowest BCUT2D eigenvalue weighted by Crippen LogP contribution is -2.55. The van der Waals surface area contributed by atoms with Crippen LogP contribution in [0.4, 0.5) is 0 Å². The third-order valence-corrected chi connectivity index (χ3v) is 4.98. The summed E-state index contributed by atoms with van der Waals surface area (Å²) in [5, 5.41) is 3.10. The van der Waals surface area contributed by atoms with Crippen molar-refractivity contribution in [2.45, 2.75) is 38.9 Å². The normalized spacial score (nSPS) is 22.2. The van der Waals surface area contributed by atoms with Gasteiger partial charge in [0.05, 0.1) is 13.2 Å². The molecule has 0 unspecified atom stereocenters. The maximum atomic E-state index is 12.8. The van der Waals surface area contributed by atoms with E-state index in [4.69, 9.17) is 4.74 Å². The van der Waals surface area contributed by atoms with Crippen LogP contribution in [0, 0.1) is 0 Å². The average Bonchev–Trinajstić information content (AvgIpc) is 2.61. The largest absolute Gasteiger partial charge is 0.379 e. The van der Waals surface area contributed by atoms with Crippen LogP contribution in [-0.4, -0.2) is 66.5 Å². The number of carbonyl (C=O) groups is 2. The van der Waals surface area contributed by atoms with Crippen molar-refractivity contribution in [3.05, 3.63) is 35.4 Å². The summed E-state index contributed by atoms with van der Waals surface area (Å²) < 4.78 is 5.36. The Morgan fingerprint density at radius 3 is 2.60 bits per heavy atom. The summed E-state index contributed by atoms with van der Waals surface area (Å²) in [6, 6.07) is 7.64. The van der Waals surface area contributed by atoms with Gasteiger partial charge in [-0.15, -0.1) is 0 Å². The Labute approximate surface area is 149 Å². The Morgan fingerprint density at radius 1 is 1.24 bits per heavy atom. The second-order valence-electron chi connectivity index (χ2n) is 6.96. The SMILES string of the molecule is CC(=O)N1Cc2ccccc2C[C@H]1C(=O)N[C@H](C)CN1CCOCC1. The minimum absolute atomic E-state index is 0.0385. The topological polar surface area (TPSA) is 61.9 Å². The van der Waals surface area contributed by atoms with Crippen molar-refractivity contribution in [3.63, 3.8) is 0 Å². The van der Waals surface area contributed by atoms with Gasteiger partial charge in [-0.2, -0.15) is 0 Å². The van der Waals surface area contributed by atoms with E-state index in [-0.39, 0.29) is 17.9 Å². The maximum Gasteiger partial charge on any atom is 0.243 e. The highest BCUT2D eigenvalue weighted by Crippen LogP contribution is 2.23. The minimum Gasteiger partial charge on any atom is -0.379 e. The maximum absolute atomic E-state index is 12.8. The lowest BCUT2D eigenvalue weighted by Gasteiger charge is -2.36. The van der Waals surface area contributed by atoms with Gasteiger partial charge in [0.25, 0.3) is 0 Å². The Bertz CT molecular complexity index is 628. The molecule has 0 saturated carbocycles. The molecule has 0 spiro atoms. The fourth-order valence-corrected chi connectivity index (χ4v) is 3.64. The van der Waals surface area contributed by atoms with Crippen LogP contribution in [0.5, 0.6) is 0 Å². The average molecular weight is 345 g/mol. The third kappa shape index (κ3) is 4.38. The number of hydrogen-bond acceptors (Lipinski definition) is 4. The Morgan fingerprint density at radius 2 is 1.92 bits per heavy atom. The van der Waals surface area contributed by atoms with E-state index in [1.807, 2.05) is 31.2 Å². The zero-order chi connectivity index (χ0) is 17.8. The molecule has 6 heteroatoms. The molecule has 0 bridgehead atoms. The van der Waals surface area contributed by atoms with E-state index in [0.29, 0.717) is 13.0 Å². The van der Waals surface area contributed by atoms with Gasteiger partial charge in [0.2, 0.25) is 11.8 Å². The molecule has 1 saturated heterocycles. The van der Waals surface area contributed by atoms with Crippen molar-refractivity contribution in [3.8, 4) is 0 Å². The first-order valence-electron chi connectivity index (χ1n) is 8.99. The summed E-state index contributed by atoms with van der Waals surface area (Å²) >= 11 is 0. The molecule has 1 N–H and O–H groups in total. The van der Waals surface area contributed by atoms with Crippen LogP contribution in [0.1, 0.15) is 25.0 Å². The summed E-state index contributed by atoms with van der Waals surface area (Å²) in [7, 11) is 0. The molecule has 2 atom stereocenters. The van der Waals surface area contributed by atoms with Crippen molar-refractivity contribution in [2.24, 2.45) is 0 Å². The fraction of sp³-hybridized carbons (Fsp3) is 0.579. The summed E-state index contributed by atoms with van der Waals surface area (Å²) in [5.74, 6) is -0.124. The first-order valence-corrected chi connectivity index (χ1v) is 8.99. The lowest BCUT2D eigenvalue weighted by atomic mass is 9.93. The van der Waals surface area contributed by atoms with Crippen LogP contribution in [0.3, 0.4) is 0 Å². The molecular weight excluding hydrogens is 318 g/mol. The molecular formula is C19H27N3O3. The van der Waals surface area contributed by atoms with E-state index in [2.05, 4.69) is 10.2 Å². The highest BCUT2D eigenvalue weighted by molar-refractivity contribution is 5.88. The van der Waals surface area contributed by atoms with Crippen LogP contribution in [0.15, 0.2) is 24.3 Å². The number of morpholine rings is 1. The van der Waals surface area contributed by atoms with E-state index >= 15 is 0 Å². The van der Waals surface area contributed by atoms with Gasteiger partial charge in [-0.25, -0.2) is 0 Å². The molecule has 2 heterocycles. The van der Waals surface area contributed by atoms with Crippen molar-refractivity contribution < 1.29 is 14.3 Å². The Balaban J connectivity index is 1.64. The van der Waals surface area contributed by atoms with E-state index in [1.54, 1.807) is 4.90 Å². The molecule has 25 heavy (non-hydrogen) atoms. The van der Waals surface area contributed by atoms with Gasteiger partial charge >= 0.3 is 0 Å². The van der Waals surface area contributed by atoms with Crippen LogP contribution in [0.2, 0.25) is 0 Å². The zero-order valence-corrected chi connectivity index (χ0v) is 15.0. The Kier molecular flexibility index (Phi) is 5.71. The number of benzene rings is 1. The predicted octanol–water partition coefficient (Wildman–Crippen LogP) is 0.797. The molecule has 1 aromatic carbocycles. The summed E-state index contributed by atoms with van der Waals surface area (Å²) in [6.45, 7) is 8.15. The standard InChI is InChI=1S/C19H27N3O3/c1-14(12-21-7-9-25-10-8-21)20-19(24)18-11-16-5-3-4-6-17(16)13-22(18)15(2)23/h3-6,14,18H,7-13H2,1-2H3,(H,20,24)/t14-,18+/m1/s1. The molecule has 1 aromatic rings. The van der Waals surface area contributed by atoms with Gasteiger partial charge in [-0.3, -0.25) is 14.5 Å². The number of carbonyl (C=O) groups excluding carboxylic acids is 2. The molecule has 6 nitrogen and oxygen atoms in total. The van der Waals surface area contributed by atoms with Crippen molar-refractivity contribution >= 4 is 11.8 Å². The molecule has 2 amide bonds. The minimum atomic E-state index is -0.431. The van der Waals surface area contributed by atoms with Gasteiger partial charge in [0, 0.05) is 45.6 Å². The van der Waals surface area contributed by atoms with Gasteiger partial charge < -0.3 is 15.0 Å². The number of ether oxygens (including phenoxy) is 1. The number of fused-ring (bicyclic) bond motifs is 1. The summed E-state index contributed by atoms with van der Waals surface area (Å²) in [4.78, 5) is 28.9. The van der Waals surface area contributed by atoms with E-state index < -0.39 is 6.04 Å². The molecule has 2 aliphatic heterocycles. The highest BCUT2D eigenvalue weighted by atomic mass is 16.5. The highest BCUT2D eigenvalue weighted by Gasteiger charge is 2.33. The number of rotatable bonds is 4. The third-order valence-electron chi connectivity index (χ3n) is 4.98. The molecule has 0 radical (unpaired) electrons. The first-order chi connectivity index (χ1) is 12.0. The van der Waals surface area contributed by atoms with E-state index in [9.17, 15) is 9.59 Å². The molecule has 0 aromatic heterocycles. The summed E-state index contributed by atoms with van der Waals surface area (Å²) in [5.41, 5.74) is 2.28. The number of nitrogens with one attached hydrogen (secondary N) is 1. The van der Waals surface area contributed by atoms with Crippen LogP contribution < -0.4 is 5.32 Å². The zero-order valence-electron chi connectivity index (χ0n) is 15.0. The molecule has 2 aliphatic rings. The molecule has 0 aliphatic carbocycles. The first kappa shape index (κ1) is 17.9. The van der Waals surface area contributed by atoms with Crippen molar-refractivity contribution in [1.29, 1.82) is 0 Å². The van der Waals surface area contributed by atoms with Gasteiger partial charge in [0.1, 0.15) is 6.04 Å². The predicted molar refractivity (Wildman–Crippen MR) is 95.0 cm³/mol. The molecule has 3 rings (SSSR count). The van der Waals surface area contributed by atoms with Crippen molar-refractivity contribution in [2.75, 3.05) is 32.8 Å². The summed E-state index contributed by atoms with van der Waals surface area (Å²) in [6.07, 6.45) is 0.575. The van der Waals surface area contributed by atoms with E-state index in [1.165, 1.54) is 6.92 Å². The van der Waals surface area contributed by atoms with Gasteiger partial charge in [0.15, 0.2) is 0 Å². The van der Waals surface area contributed by atoms with Crippen LogP contribution in [-0.2, 0) is 27.3 Å². The molecule has 1 fully saturated rings. The Hall–Kier alpha value is -1.92. The molecule has 136 valence electrons. The smallest absolute Gasteiger partial charge is 0.243 e. The van der Waals surface area contributed by atoms with E-state index in [0.717, 1.165) is 44.0 Å². The fourth-order valence-electron chi connectivity index (χ4n) is 3.64. The second kappa shape index (κ2) is 7.97.